The Hall–Kier alpha value is -2.63. The molecule has 0 amide bonds. The lowest BCUT2D eigenvalue weighted by atomic mass is 10.1. The predicted molar refractivity (Wildman–Crippen MR) is 80.0 cm³/mol. The third-order valence-electron chi connectivity index (χ3n) is 3.07. The van der Waals surface area contributed by atoms with Crippen LogP contribution in [0.25, 0.3) is 0 Å². The second-order valence-electron chi connectivity index (χ2n) is 4.80. The summed E-state index contributed by atoms with van der Waals surface area (Å²) in [5.74, 6) is 0.285. The molecule has 0 atom stereocenters. The molecule has 0 radical (unpaired) electrons. The van der Waals surface area contributed by atoms with Gasteiger partial charge in [0, 0.05) is 19.3 Å². The molecule has 5 nitrogen and oxygen atoms in total. The molecule has 0 unspecified atom stereocenters. The molecule has 0 aliphatic rings. The van der Waals surface area contributed by atoms with Crippen molar-refractivity contribution in [2.75, 3.05) is 11.9 Å². The zero-order chi connectivity index (χ0) is 15.4. The fraction of sp³-hybridized carbons (Fsp3) is 0.200. The smallest absolute Gasteiger partial charge is 0.173 e. The summed E-state index contributed by atoms with van der Waals surface area (Å²) >= 11 is 0. The molecule has 0 spiro atoms. The van der Waals surface area contributed by atoms with Crippen LogP contribution >= 0.6 is 0 Å². The molecule has 21 heavy (non-hydrogen) atoms. The third kappa shape index (κ3) is 3.47. The van der Waals surface area contributed by atoms with Crippen molar-refractivity contribution in [2.45, 2.75) is 13.5 Å². The molecule has 0 fully saturated rings. The molecule has 110 valence electrons. The minimum Gasteiger partial charge on any atom is -0.409 e. The van der Waals surface area contributed by atoms with Gasteiger partial charge in [0.1, 0.15) is 11.6 Å². The first kappa shape index (κ1) is 14.8. The number of nitrogens with two attached hydrogens (primary N) is 1. The fourth-order valence-corrected chi connectivity index (χ4v) is 2.07. The number of oxime groups is 1. The van der Waals surface area contributed by atoms with Crippen molar-refractivity contribution < 1.29 is 9.60 Å². The normalized spacial score (nSPS) is 11.5. The highest BCUT2D eigenvalue weighted by molar-refractivity contribution is 6.01. The summed E-state index contributed by atoms with van der Waals surface area (Å²) in [6.45, 7) is 2.31. The van der Waals surface area contributed by atoms with E-state index in [9.17, 15) is 4.39 Å². The van der Waals surface area contributed by atoms with Gasteiger partial charge in [0.15, 0.2) is 5.84 Å². The highest BCUT2D eigenvalue weighted by Gasteiger charge is 2.13. The molecule has 2 rings (SSSR count). The number of benzene rings is 1. The van der Waals surface area contributed by atoms with Gasteiger partial charge in [-0.05, 0) is 36.8 Å². The molecule has 0 aliphatic carbocycles. The van der Waals surface area contributed by atoms with E-state index in [1.807, 2.05) is 24.9 Å². The number of nitrogens with zero attached hydrogens (tertiary/aromatic N) is 3. The Kier molecular flexibility index (Phi) is 4.37. The number of hydrogen-bond donors (Lipinski definition) is 2. The summed E-state index contributed by atoms with van der Waals surface area (Å²) in [6, 6.07) is 9.89. The first-order valence-electron chi connectivity index (χ1n) is 6.42. The van der Waals surface area contributed by atoms with Crippen molar-refractivity contribution in [3.05, 3.63) is 59.0 Å². The summed E-state index contributed by atoms with van der Waals surface area (Å²) in [4.78, 5) is 6.25. The van der Waals surface area contributed by atoms with Crippen molar-refractivity contribution in [1.82, 2.24) is 4.98 Å². The highest BCUT2D eigenvalue weighted by Crippen LogP contribution is 2.19. The molecule has 3 N–H and O–H groups in total. The molecule has 0 saturated heterocycles. The lowest BCUT2D eigenvalue weighted by molar-refractivity contribution is 0.318. The monoisotopic (exact) mass is 288 g/mol. The summed E-state index contributed by atoms with van der Waals surface area (Å²) in [5, 5.41) is 11.9. The number of amidine groups is 1. The molecule has 1 heterocycles. The summed E-state index contributed by atoms with van der Waals surface area (Å²) in [7, 11) is 1.82. The average Bonchev–Trinajstić information content (AvgIpc) is 2.46. The van der Waals surface area contributed by atoms with E-state index in [1.54, 1.807) is 18.2 Å². The molecule has 0 aliphatic heterocycles. The van der Waals surface area contributed by atoms with E-state index in [2.05, 4.69) is 10.1 Å². The van der Waals surface area contributed by atoms with E-state index >= 15 is 0 Å². The van der Waals surface area contributed by atoms with Crippen molar-refractivity contribution in [2.24, 2.45) is 10.9 Å². The van der Waals surface area contributed by atoms with E-state index in [-0.39, 0.29) is 11.7 Å². The van der Waals surface area contributed by atoms with E-state index < -0.39 is 0 Å². The highest BCUT2D eigenvalue weighted by atomic mass is 19.1. The molecule has 2 aromatic rings. The minimum absolute atomic E-state index is 0.0106. The van der Waals surface area contributed by atoms with Crippen LogP contribution in [-0.4, -0.2) is 23.1 Å². The van der Waals surface area contributed by atoms with Crippen LogP contribution in [0.5, 0.6) is 0 Å². The van der Waals surface area contributed by atoms with E-state index in [0.717, 1.165) is 11.3 Å². The van der Waals surface area contributed by atoms with Crippen LogP contribution in [0.4, 0.5) is 10.2 Å². The maximum atomic E-state index is 13.2. The SMILES string of the molecule is Cc1ccc(C(N)=NO)c(N(C)Cc2cccc(F)c2)n1. The zero-order valence-electron chi connectivity index (χ0n) is 11.9. The Bertz CT molecular complexity index is 672. The molecular formula is C15H17FN4O. The number of aromatic nitrogens is 1. The third-order valence-corrected chi connectivity index (χ3v) is 3.07. The van der Waals surface area contributed by atoms with Gasteiger partial charge in [0.25, 0.3) is 0 Å². The lowest BCUT2D eigenvalue weighted by Gasteiger charge is -2.21. The van der Waals surface area contributed by atoms with Gasteiger partial charge in [-0.1, -0.05) is 17.3 Å². The van der Waals surface area contributed by atoms with E-state index in [4.69, 9.17) is 10.9 Å². The van der Waals surface area contributed by atoms with Gasteiger partial charge < -0.3 is 15.8 Å². The molecule has 1 aromatic heterocycles. The molecule has 0 saturated carbocycles. The maximum Gasteiger partial charge on any atom is 0.173 e. The van der Waals surface area contributed by atoms with E-state index in [0.29, 0.717) is 17.9 Å². The molecule has 1 aromatic carbocycles. The Morgan fingerprint density at radius 1 is 1.38 bits per heavy atom. The van der Waals surface area contributed by atoms with Crippen molar-refractivity contribution >= 4 is 11.7 Å². The maximum absolute atomic E-state index is 13.2. The van der Waals surface area contributed by atoms with Gasteiger partial charge >= 0.3 is 0 Å². The first-order chi connectivity index (χ1) is 10.0. The number of halogens is 1. The molecular weight excluding hydrogens is 271 g/mol. The quantitative estimate of drug-likeness (QED) is 0.392. The van der Waals surface area contributed by atoms with Gasteiger partial charge in [0.05, 0.1) is 5.56 Å². The van der Waals surface area contributed by atoms with Gasteiger partial charge in [-0.2, -0.15) is 0 Å². The van der Waals surface area contributed by atoms with Crippen LogP contribution in [0.15, 0.2) is 41.6 Å². The Morgan fingerprint density at radius 3 is 2.81 bits per heavy atom. The minimum atomic E-state index is -0.283. The number of pyridine rings is 1. The van der Waals surface area contributed by atoms with Crippen LogP contribution in [0.3, 0.4) is 0 Å². The van der Waals surface area contributed by atoms with Crippen LogP contribution in [-0.2, 0) is 6.54 Å². The fourth-order valence-electron chi connectivity index (χ4n) is 2.07. The predicted octanol–water partition coefficient (Wildman–Crippen LogP) is 2.26. The van der Waals surface area contributed by atoms with Crippen LogP contribution in [0, 0.1) is 12.7 Å². The van der Waals surface area contributed by atoms with Crippen LogP contribution in [0.1, 0.15) is 16.8 Å². The second-order valence-corrected chi connectivity index (χ2v) is 4.80. The van der Waals surface area contributed by atoms with Crippen molar-refractivity contribution in [3.63, 3.8) is 0 Å². The molecule has 6 heteroatoms. The van der Waals surface area contributed by atoms with E-state index in [1.165, 1.54) is 12.1 Å². The topological polar surface area (TPSA) is 74.7 Å². The largest absolute Gasteiger partial charge is 0.409 e. The standard InChI is InChI=1S/C15H17FN4O/c1-10-6-7-13(14(17)19-21)15(18-10)20(2)9-11-4-3-5-12(16)8-11/h3-8,21H,9H2,1-2H3,(H2,17,19). The zero-order valence-corrected chi connectivity index (χ0v) is 11.9. The Morgan fingerprint density at radius 2 is 2.14 bits per heavy atom. The Labute approximate surface area is 122 Å². The number of rotatable bonds is 4. The number of anilines is 1. The summed E-state index contributed by atoms with van der Waals surface area (Å²) in [5.41, 5.74) is 7.83. The summed E-state index contributed by atoms with van der Waals surface area (Å²) < 4.78 is 13.2. The summed E-state index contributed by atoms with van der Waals surface area (Å²) in [6.07, 6.45) is 0. The number of hydrogen-bond acceptors (Lipinski definition) is 4. The van der Waals surface area contributed by atoms with Crippen LogP contribution in [0.2, 0.25) is 0 Å². The van der Waals surface area contributed by atoms with Gasteiger partial charge in [-0.15, -0.1) is 0 Å². The van der Waals surface area contributed by atoms with Crippen molar-refractivity contribution in [1.29, 1.82) is 0 Å². The molecule has 0 bridgehead atoms. The Balaban J connectivity index is 2.34. The second kappa shape index (κ2) is 6.21. The number of aryl methyl sites for hydroxylation is 1. The lowest BCUT2D eigenvalue weighted by Crippen LogP contribution is -2.24. The van der Waals surface area contributed by atoms with Crippen LogP contribution < -0.4 is 10.6 Å². The average molecular weight is 288 g/mol. The van der Waals surface area contributed by atoms with Gasteiger partial charge in [0.2, 0.25) is 0 Å². The van der Waals surface area contributed by atoms with Gasteiger partial charge in [-0.25, -0.2) is 9.37 Å². The first-order valence-corrected chi connectivity index (χ1v) is 6.42. The van der Waals surface area contributed by atoms with Crippen molar-refractivity contribution in [3.8, 4) is 0 Å². The van der Waals surface area contributed by atoms with Gasteiger partial charge in [-0.3, -0.25) is 0 Å².